The number of carbonyl (C=O) groups excluding carboxylic acids is 3. The van der Waals surface area contributed by atoms with Crippen molar-refractivity contribution in [2.75, 3.05) is 59.3 Å². The lowest BCUT2D eigenvalue weighted by Gasteiger charge is -2.14. The fourth-order valence-electron chi connectivity index (χ4n) is 4.36. The molecule has 0 saturated carbocycles. The molecule has 1 aliphatic heterocycles. The molecule has 3 amide bonds. The van der Waals surface area contributed by atoms with Crippen LogP contribution in [0.25, 0.3) is 11.1 Å². The van der Waals surface area contributed by atoms with Gasteiger partial charge in [0.25, 0.3) is 11.8 Å². The van der Waals surface area contributed by atoms with Crippen LogP contribution in [0.1, 0.15) is 23.5 Å². The minimum Gasteiger partial charge on any atom is -0.449 e. The van der Waals surface area contributed by atoms with E-state index in [4.69, 9.17) is 18.9 Å². The number of alkyl carbamates (subject to hydrolysis) is 1. The molecule has 2 aliphatic rings. The molecule has 0 spiro atoms. The van der Waals surface area contributed by atoms with Gasteiger partial charge in [-0.3, -0.25) is 14.5 Å². The van der Waals surface area contributed by atoms with Crippen LogP contribution in [0.15, 0.2) is 60.7 Å². The Morgan fingerprint density at radius 3 is 1.92 bits per heavy atom. The number of imide groups is 1. The number of amides is 3. The standard InChI is InChI=1S/C28H32N2O7/c31-26-10-11-27(32)30(26)13-15-35-17-19-36-18-16-34-14-5-12-29-28(33)37-20-25-23-8-3-1-6-21(23)22-7-2-4-9-24(22)25/h1-4,6-11,25H,5,12-20H2,(H,29,33). The summed E-state index contributed by atoms with van der Waals surface area (Å²) in [7, 11) is 0. The van der Waals surface area contributed by atoms with E-state index in [2.05, 4.69) is 29.6 Å². The molecule has 0 unspecified atom stereocenters. The number of rotatable bonds is 15. The summed E-state index contributed by atoms with van der Waals surface area (Å²) in [5.41, 5.74) is 4.77. The molecular weight excluding hydrogens is 476 g/mol. The van der Waals surface area contributed by atoms with E-state index >= 15 is 0 Å². The van der Waals surface area contributed by atoms with Crippen molar-refractivity contribution in [3.8, 4) is 11.1 Å². The van der Waals surface area contributed by atoms with Gasteiger partial charge in [-0.2, -0.15) is 0 Å². The van der Waals surface area contributed by atoms with Gasteiger partial charge in [-0.15, -0.1) is 0 Å². The highest BCUT2D eigenvalue weighted by molar-refractivity contribution is 6.12. The summed E-state index contributed by atoms with van der Waals surface area (Å²) >= 11 is 0. The Morgan fingerprint density at radius 2 is 1.30 bits per heavy atom. The van der Waals surface area contributed by atoms with E-state index in [-0.39, 0.29) is 30.9 Å². The van der Waals surface area contributed by atoms with E-state index in [1.54, 1.807) is 0 Å². The third-order valence-electron chi connectivity index (χ3n) is 6.18. The molecule has 1 aliphatic carbocycles. The second-order valence-electron chi connectivity index (χ2n) is 8.60. The quantitative estimate of drug-likeness (QED) is 0.291. The Kier molecular flexibility index (Phi) is 9.81. The van der Waals surface area contributed by atoms with Gasteiger partial charge in [0, 0.05) is 31.2 Å². The highest BCUT2D eigenvalue weighted by Gasteiger charge is 2.29. The molecule has 9 heteroatoms. The second kappa shape index (κ2) is 13.7. The third kappa shape index (κ3) is 7.25. The molecule has 2 aromatic carbocycles. The monoisotopic (exact) mass is 508 g/mol. The van der Waals surface area contributed by atoms with Crippen LogP contribution in [0.4, 0.5) is 4.79 Å². The number of nitrogens with zero attached hydrogens (tertiary/aromatic N) is 1. The first kappa shape index (κ1) is 26.5. The number of hydrogen-bond acceptors (Lipinski definition) is 7. The Balaban J connectivity index is 0.981. The van der Waals surface area contributed by atoms with Crippen molar-refractivity contribution < 1.29 is 33.3 Å². The average Bonchev–Trinajstić information content (AvgIpc) is 3.41. The van der Waals surface area contributed by atoms with Gasteiger partial charge in [0.1, 0.15) is 6.61 Å². The van der Waals surface area contributed by atoms with Crippen LogP contribution < -0.4 is 5.32 Å². The van der Waals surface area contributed by atoms with Gasteiger partial charge in [-0.05, 0) is 28.7 Å². The minimum absolute atomic E-state index is 0.0441. The molecule has 37 heavy (non-hydrogen) atoms. The van der Waals surface area contributed by atoms with E-state index in [0.29, 0.717) is 52.6 Å². The Hall–Kier alpha value is -3.53. The van der Waals surface area contributed by atoms with Gasteiger partial charge in [0.05, 0.1) is 39.6 Å². The van der Waals surface area contributed by atoms with Crippen molar-refractivity contribution in [3.05, 3.63) is 71.8 Å². The minimum atomic E-state index is -0.431. The van der Waals surface area contributed by atoms with Gasteiger partial charge in [-0.25, -0.2) is 4.79 Å². The smallest absolute Gasteiger partial charge is 0.407 e. The zero-order valence-electron chi connectivity index (χ0n) is 20.7. The van der Waals surface area contributed by atoms with Crippen LogP contribution in [0.2, 0.25) is 0 Å². The predicted octanol–water partition coefficient (Wildman–Crippen LogP) is 2.89. The van der Waals surface area contributed by atoms with Crippen molar-refractivity contribution in [2.24, 2.45) is 0 Å². The van der Waals surface area contributed by atoms with Gasteiger partial charge < -0.3 is 24.3 Å². The molecule has 0 aromatic heterocycles. The van der Waals surface area contributed by atoms with E-state index < -0.39 is 6.09 Å². The molecule has 1 heterocycles. The summed E-state index contributed by atoms with van der Waals surface area (Å²) < 4.78 is 21.8. The van der Waals surface area contributed by atoms with Crippen LogP contribution in [0, 0.1) is 0 Å². The molecule has 0 fully saturated rings. The van der Waals surface area contributed by atoms with Crippen LogP contribution in [0.3, 0.4) is 0 Å². The van der Waals surface area contributed by atoms with Crippen LogP contribution in [0.5, 0.6) is 0 Å². The molecule has 1 N–H and O–H groups in total. The fraction of sp³-hybridized carbons (Fsp3) is 0.393. The molecule has 2 aromatic rings. The van der Waals surface area contributed by atoms with Crippen molar-refractivity contribution in [1.29, 1.82) is 0 Å². The normalized spacial score (nSPS) is 14.2. The maximum Gasteiger partial charge on any atom is 0.407 e. The highest BCUT2D eigenvalue weighted by Crippen LogP contribution is 2.44. The number of benzene rings is 2. The van der Waals surface area contributed by atoms with Crippen molar-refractivity contribution in [3.63, 3.8) is 0 Å². The molecule has 0 atom stereocenters. The first-order valence-corrected chi connectivity index (χ1v) is 12.5. The number of fused-ring (bicyclic) bond motifs is 3. The summed E-state index contributed by atoms with van der Waals surface area (Å²) in [6, 6.07) is 16.5. The highest BCUT2D eigenvalue weighted by atomic mass is 16.6. The van der Waals surface area contributed by atoms with Crippen molar-refractivity contribution in [2.45, 2.75) is 12.3 Å². The van der Waals surface area contributed by atoms with Crippen LogP contribution >= 0.6 is 0 Å². The number of hydrogen-bond donors (Lipinski definition) is 1. The molecular formula is C28H32N2O7. The number of carbonyl (C=O) groups is 3. The van der Waals surface area contributed by atoms with Gasteiger partial charge in [0.15, 0.2) is 0 Å². The lowest BCUT2D eigenvalue weighted by molar-refractivity contribution is -0.137. The largest absolute Gasteiger partial charge is 0.449 e. The SMILES string of the molecule is O=C(NCCCOCCOCCOCCN1C(=O)C=CC1=O)OCC1c2ccccc2-c2ccccc21. The van der Waals surface area contributed by atoms with E-state index in [0.717, 1.165) is 4.90 Å². The van der Waals surface area contributed by atoms with Crippen molar-refractivity contribution >= 4 is 17.9 Å². The van der Waals surface area contributed by atoms with Gasteiger partial charge in [0.2, 0.25) is 0 Å². The first-order valence-electron chi connectivity index (χ1n) is 12.5. The Labute approximate surface area is 216 Å². The molecule has 0 bridgehead atoms. The summed E-state index contributed by atoms with van der Waals surface area (Å²) in [4.78, 5) is 36.1. The Morgan fingerprint density at radius 1 is 0.757 bits per heavy atom. The molecule has 9 nitrogen and oxygen atoms in total. The Bertz CT molecular complexity index is 1050. The molecule has 0 radical (unpaired) electrons. The first-order chi connectivity index (χ1) is 18.1. The predicted molar refractivity (Wildman–Crippen MR) is 136 cm³/mol. The lowest BCUT2D eigenvalue weighted by atomic mass is 9.98. The molecule has 196 valence electrons. The molecule has 4 rings (SSSR count). The zero-order valence-corrected chi connectivity index (χ0v) is 20.7. The lowest BCUT2D eigenvalue weighted by Crippen LogP contribution is -2.33. The van der Waals surface area contributed by atoms with E-state index in [9.17, 15) is 14.4 Å². The summed E-state index contributed by atoms with van der Waals surface area (Å²) in [5.74, 6) is -0.575. The summed E-state index contributed by atoms with van der Waals surface area (Å²) in [6.07, 6.45) is 2.74. The van der Waals surface area contributed by atoms with Crippen LogP contribution in [-0.2, 0) is 28.5 Å². The molecule has 0 saturated heterocycles. The van der Waals surface area contributed by atoms with Crippen LogP contribution in [-0.4, -0.2) is 82.1 Å². The summed E-state index contributed by atoms with van der Waals surface area (Å²) in [5, 5.41) is 2.77. The van der Waals surface area contributed by atoms with E-state index in [1.807, 2.05) is 24.3 Å². The maximum absolute atomic E-state index is 12.2. The summed E-state index contributed by atoms with van der Waals surface area (Å²) in [6.45, 7) is 3.39. The maximum atomic E-state index is 12.2. The fourth-order valence-corrected chi connectivity index (χ4v) is 4.36. The van der Waals surface area contributed by atoms with Gasteiger partial charge >= 0.3 is 6.09 Å². The number of nitrogens with one attached hydrogen (secondary N) is 1. The average molecular weight is 509 g/mol. The second-order valence-corrected chi connectivity index (χ2v) is 8.60. The van der Waals surface area contributed by atoms with E-state index in [1.165, 1.54) is 34.4 Å². The zero-order chi connectivity index (χ0) is 25.9. The topological polar surface area (TPSA) is 103 Å². The van der Waals surface area contributed by atoms with Gasteiger partial charge in [-0.1, -0.05) is 48.5 Å². The number of ether oxygens (including phenoxy) is 4. The third-order valence-corrected chi connectivity index (χ3v) is 6.18. The van der Waals surface area contributed by atoms with Crippen molar-refractivity contribution in [1.82, 2.24) is 10.2 Å².